The molecule has 0 bridgehead atoms. The van der Waals surface area contributed by atoms with E-state index in [1.54, 1.807) is 0 Å². The fraction of sp³-hybridized carbons (Fsp3) is 0.133. The molecule has 0 aliphatic rings. The van der Waals surface area contributed by atoms with Crippen LogP contribution >= 0.6 is 11.8 Å². The molecule has 96 valence electrons. The predicted octanol–water partition coefficient (Wildman–Crippen LogP) is 3.48. The topological polar surface area (TPSA) is 52.0 Å². The van der Waals surface area contributed by atoms with E-state index in [0.29, 0.717) is 11.8 Å². The lowest BCUT2D eigenvalue weighted by atomic mass is 10.2. The monoisotopic (exact) mass is 270 g/mol. The number of para-hydroxylation sites is 2. The van der Waals surface area contributed by atoms with E-state index >= 15 is 0 Å². The summed E-state index contributed by atoms with van der Waals surface area (Å²) in [5.41, 5.74) is 8.51. The van der Waals surface area contributed by atoms with Crippen LogP contribution in [-0.2, 0) is 6.42 Å². The highest BCUT2D eigenvalue weighted by molar-refractivity contribution is 7.99. The smallest absolute Gasteiger partial charge is 0.261 e. The van der Waals surface area contributed by atoms with E-state index in [4.69, 9.17) is 10.2 Å². The largest absolute Gasteiger partial charge is 0.431 e. The average Bonchev–Trinajstić information content (AvgIpc) is 2.83. The van der Waals surface area contributed by atoms with Crippen LogP contribution in [0.2, 0.25) is 0 Å². The van der Waals surface area contributed by atoms with Crippen LogP contribution in [0.5, 0.6) is 0 Å². The molecule has 0 saturated carbocycles. The fourth-order valence-corrected chi connectivity index (χ4v) is 2.64. The van der Waals surface area contributed by atoms with Crippen molar-refractivity contribution >= 4 is 22.9 Å². The Kier molecular flexibility index (Phi) is 3.53. The summed E-state index contributed by atoms with van der Waals surface area (Å²) in [6.45, 7) is 0.678. The van der Waals surface area contributed by atoms with Gasteiger partial charge in [-0.1, -0.05) is 24.3 Å². The number of oxazole rings is 1. The Morgan fingerprint density at radius 3 is 2.58 bits per heavy atom. The molecular formula is C15H14N2OS. The van der Waals surface area contributed by atoms with Gasteiger partial charge in [0.25, 0.3) is 5.22 Å². The van der Waals surface area contributed by atoms with Crippen molar-refractivity contribution in [2.24, 2.45) is 5.73 Å². The molecule has 1 aromatic heterocycles. The molecule has 0 aliphatic heterocycles. The zero-order chi connectivity index (χ0) is 13.1. The maximum atomic E-state index is 5.68. The average molecular weight is 270 g/mol. The van der Waals surface area contributed by atoms with Crippen LogP contribution in [0.25, 0.3) is 11.1 Å². The first-order chi connectivity index (χ1) is 9.35. The summed E-state index contributed by atoms with van der Waals surface area (Å²) in [5, 5.41) is 0.674. The van der Waals surface area contributed by atoms with Crippen LogP contribution in [0.15, 0.2) is 63.1 Å². The maximum absolute atomic E-state index is 5.68. The van der Waals surface area contributed by atoms with Gasteiger partial charge in [-0.05, 0) is 54.6 Å². The summed E-state index contributed by atoms with van der Waals surface area (Å²) in [7, 11) is 0. The molecule has 0 fully saturated rings. The highest BCUT2D eigenvalue weighted by Gasteiger charge is 2.06. The molecule has 0 spiro atoms. The van der Waals surface area contributed by atoms with Crippen LogP contribution in [0.4, 0.5) is 0 Å². The van der Waals surface area contributed by atoms with Gasteiger partial charge >= 0.3 is 0 Å². The van der Waals surface area contributed by atoms with Gasteiger partial charge in [0.1, 0.15) is 5.52 Å². The van der Waals surface area contributed by atoms with E-state index < -0.39 is 0 Å². The van der Waals surface area contributed by atoms with Crippen molar-refractivity contribution in [1.82, 2.24) is 4.98 Å². The number of benzene rings is 2. The van der Waals surface area contributed by atoms with E-state index in [-0.39, 0.29) is 0 Å². The second-order valence-corrected chi connectivity index (χ2v) is 5.26. The van der Waals surface area contributed by atoms with Gasteiger partial charge in [-0.15, -0.1) is 0 Å². The third-order valence-electron chi connectivity index (χ3n) is 2.84. The van der Waals surface area contributed by atoms with Crippen LogP contribution in [0, 0.1) is 0 Å². The summed E-state index contributed by atoms with van der Waals surface area (Å²) < 4.78 is 5.68. The van der Waals surface area contributed by atoms with Crippen molar-refractivity contribution in [3.63, 3.8) is 0 Å². The van der Waals surface area contributed by atoms with Crippen molar-refractivity contribution < 1.29 is 4.42 Å². The van der Waals surface area contributed by atoms with Crippen LogP contribution in [-0.4, -0.2) is 11.5 Å². The number of hydrogen-bond acceptors (Lipinski definition) is 4. The van der Waals surface area contributed by atoms with Gasteiger partial charge in [0, 0.05) is 4.90 Å². The van der Waals surface area contributed by atoms with Gasteiger partial charge in [-0.25, -0.2) is 4.98 Å². The predicted molar refractivity (Wildman–Crippen MR) is 77.3 cm³/mol. The Balaban J connectivity index is 1.80. The normalized spacial score (nSPS) is 11.0. The van der Waals surface area contributed by atoms with Gasteiger partial charge in [0.05, 0.1) is 0 Å². The van der Waals surface area contributed by atoms with Gasteiger partial charge < -0.3 is 10.2 Å². The fourth-order valence-electron chi connectivity index (χ4n) is 1.89. The summed E-state index contributed by atoms with van der Waals surface area (Å²) in [6.07, 6.45) is 0.911. The zero-order valence-corrected chi connectivity index (χ0v) is 11.2. The minimum atomic E-state index is 0.674. The highest BCUT2D eigenvalue weighted by atomic mass is 32.2. The number of rotatable bonds is 4. The molecule has 3 aromatic rings. The van der Waals surface area contributed by atoms with E-state index in [9.17, 15) is 0 Å². The highest BCUT2D eigenvalue weighted by Crippen LogP contribution is 2.29. The van der Waals surface area contributed by atoms with E-state index in [0.717, 1.165) is 22.4 Å². The van der Waals surface area contributed by atoms with E-state index in [2.05, 4.69) is 29.2 Å². The number of aromatic nitrogens is 1. The summed E-state index contributed by atoms with van der Waals surface area (Å²) in [4.78, 5) is 5.56. The van der Waals surface area contributed by atoms with Gasteiger partial charge in [-0.3, -0.25) is 0 Å². The SMILES string of the molecule is NCCc1ccc(Sc2nc3ccccc3o2)cc1. The summed E-state index contributed by atoms with van der Waals surface area (Å²) in [5.74, 6) is 0. The Morgan fingerprint density at radius 2 is 1.84 bits per heavy atom. The quantitative estimate of drug-likeness (QED) is 0.788. The Hall–Kier alpha value is -1.78. The molecule has 0 saturated heterocycles. The number of fused-ring (bicyclic) bond motifs is 1. The first-order valence-electron chi connectivity index (χ1n) is 6.17. The van der Waals surface area contributed by atoms with Crippen LogP contribution in [0.1, 0.15) is 5.56 Å². The second-order valence-electron chi connectivity index (χ2n) is 4.23. The molecule has 19 heavy (non-hydrogen) atoms. The van der Waals surface area contributed by atoms with Crippen molar-refractivity contribution in [3.8, 4) is 0 Å². The lowest BCUT2D eigenvalue weighted by molar-refractivity contribution is 0.489. The molecule has 0 atom stereocenters. The molecule has 0 unspecified atom stereocenters. The molecule has 2 aromatic carbocycles. The Labute approximate surface area is 115 Å². The standard InChI is InChI=1S/C15H14N2OS/c16-10-9-11-5-7-12(8-6-11)19-15-17-13-3-1-2-4-14(13)18-15/h1-8H,9-10,16H2. The molecule has 0 amide bonds. The minimum Gasteiger partial charge on any atom is -0.431 e. The number of nitrogens with zero attached hydrogens (tertiary/aromatic N) is 1. The van der Waals surface area contributed by atoms with Crippen molar-refractivity contribution in [2.75, 3.05) is 6.54 Å². The van der Waals surface area contributed by atoms with Crippen LogP contribution < -0.4 is 5.73 Å². The maximum Gasteiger partial charge on any atom is 0.261 e. The van der Waals surface area contributed by atoms with Crippen LogP contribution in [0.3, 0.4) is 0 Å². The zero-order valence-electron chi connectivity index (χ0n) is 10.4. The first kappa shape index (κ1) is 12.3. The third kappa shape index (κ3) is 2.80. The lowest BCUT2D eigenvalue weighted by Gasteiger charge is -2.00. The molecular weight excluding hydrogens is 256 g/mol. The number of nitrogens with two attached hydrogens (primary N) is 1. The third-order valence-corrected chi connectivity index (χ3v) is 3.69. The molecule has 3 nitrogen and oxygen atoms in total. The van der Waals surface area contributed by atoms with Gasteiger partial charge in [-0.2, -0.15) is 0 Å². The Bertz CT molecular complexity index is 643. The second kappa shape index (κ2) is 5.47. The molecule has 3 rings (SSSR count). The first-order valence-corrected chi connectivity index (χ1v) is 6.99. The molecule has 1 heterocycles. The molecule has 2 N–H and O–H groups in total. The van der Waals surface area contributed by atoms with Crippen molar-refractivity contribution in [2.45, 2.75) is 16.5 Å². The molecule has 0 aliphatic carbocycles. The summed E-state index contributed by atoms with van der Waals surface area (Å²) in [6, 6.07) is 16.1. The molecule has 4 heteroatoms. The van der Waals surface area contributed by atoms with Gasteiger partial charge in [0.15, 0.2) is 5.58 Å². The minimum absolute atomic E-state index is 0.674. The lowest BCUT2D eigenvalue weighted by Crippen LogP contribution is -2.02. The van der Waals surface area contributed by atoms with E-state index in [1.165, 1.54) is 17.3 Å². The molecule has 0 radical (unpaired) electrons. The Morgan fingerprint density at radius 1 is 1.05 bits per heavy atom. The van der Waals surface area contributed by atoms with Gasteiger partial charge in [0.2, 0.25) is 0 Å². The number of hydrogen-bond donors (Lipinski definition) is 1. The van der Waals surface area contributed by atoms with Crippen molar-refractivity contribution in [1.29, 1.82) is 0 Å². The summed E-state index contributed by atoms with van der Waals surface area (Å²) >= 11 is 1.53. The van der Waals surface area contributed by atoms with Crippen molar-refractivity contribution in [3.05, 3.63) is 54.1 Å². The van der Waals surface area contributed by atoms with E-state index in [1.807, 2.05) is 24.3 Å².